The van der Waals surface area contributed by atoms with Crippen molar-refractivity contribution in [3.63, 3.8) is 0 Å². The van der Waals surface area contributed by atoms with Gasteiger partial charge < -0.3 is 4.74 Å². The van der Waals surface area contributed by atoms with Gasteiger partial charge >= 0.3 is 6.09 Å². The molecule has 1 saturated carbocycles. The van der Waals surface area contributed by atoms with Gasteiger partial charge in [-0.15, -0.1) is 0 Å². The van der Waals surface area contributed by atoms with Crippen LogP contribution in [0.3, 0.4) is 0 Å². The zero-order valence-corrected chi connectivity index (χ0v) is 13.1. The predicted molar refractivity (Wildman–Crippen MR) is 82.2 cm³/mol. The highest BCUT2D eigenvalue weighted by molar-refractivity contribution is 7.87. The Morgan fingerprint density at radius 3 is 2.95 bits per heavy atom. The molecule has 6 heteroatoms. The van der Waals surface area contributed by atoms with Crippen LogP contribution in [0.1, 0.15) is 31.2 Å². The Bertz CT molecular complexity index is 703. The summed E-state index contributed by atoms with van der Waals surface area (Å²) in [4.78, 5) is 26.2. The molecule has 3 aliphatic rings. The molecule has 1 aromatic rings. The van der Waals surface area contributed by atoms with Gasteiger partial charge in [-0.1, -0.05) is 18.2 Å². The molecule has 2 heterocycles. The number of hydrogen-bond donors (Lipinski definition) is 0. The number of nitrogens with zero attached hydrogens (tertiary/aromatic N) is 1. The van der Waals surface area contributed by atoms with Gasteiger partial charge in [0.2, 0.25) is 0 Å². The van der Waals surface area contributed by atoms with Crippen LogP contribution >= 0.6 is 0 Å². The quantitative estimate of drug-likeness (QED) is 0.735. The molecule has 4 rings (SSSR count). The molecule has 2 fully saturated rings. The van der Waals surface area contributed by atoms with Gasteiger partial charge in [-0.25, -0.2) is 4.79 Å². The van der Waals surface area contributed by atoms with Crippen molar-refractivity contribution in [3.8, 4) is 0 Å². The van der Waals surface area contributed by atoms with Crippen LogP contribution in [-0.2, 0) is 25.7 Å². The van der Waals surface area contributed by atoms with Crippen LogP contribution in [0.5, 0.6) is 0 Å². The first-order valence-electron chi connectivity index (χ1n) is 7.49. The molecule has 0 radical (unpaired) electrons. The number of fused-ring (bicyclic) bond motifs is 2. The van der Waals surface area contributed by atoms with Crippen LogP contribution in [0.25, 0.3) is 0 Å². The van der Waals surface area contributed by atoms with Crippen molar-refractivity contribution < 1.29 is 18.5 Å². The highest BCUT2D eigenvalue weighted by Gasteiger charge is 2.63. The van der Waals surface area contributed by atoms with Crippen LogP contribution < -0.4 is 4.90 Å². The maximum atomic E-state index is 13.0. The fourth-order valence-electron chi connectivity index (χ4n) is 4.42. The van der Waals surface area contributed by atoms with E-state index in [0.717, 1.165) is 24.1 Å². The van der Waals surface area contributed by atoms with E-state index in [1.54, 1.807) is 0 Å². The van der Waals surface area contributed by atoms with Crippen LogP contribution in [0.4, 0.5) is 10.5 Å². The first-order chi connectivity index (χ1) is 10.6. The zero-order chi connectivity index (χ0) is 15.5. The molecular formula is C16H17NO4S. The molecule has 1 saturated heterocycles. The Hall–Kier alpha value is -1.69. The molecule has 2 bridgehead atoms. The van der Waals surface area contributed by atoms with Crippen molar-refractivity contribution >= 4 is 28.4 Å². The minimum absolute atomic E-state index is 0.0774. The van der Waals surface area contributed by atoms with Gasteiger partial charge in [-0.3, -0.25) is 13.9 Å². The summed E-state index contributed by atoms with van der Waals surface area (Å²) in [6, 6.07) is 7.61. The molecular weight excluding hydrogens is 302 g/mol. The number of hydrogen-bond acceptors (Lipinski definition) is 4. The van der Waals surface area contributed by atoms with Crippen LogP contribution in [0.15, 0.2) is 24.3 Å². The number of ether oxygens (including phenoxy) is 1. The summed E-state index contributed by atoms with van der Waals surface area (Å²) in [5.41, 5.74) is 1.35. The number of ketones is 1. The SMILES string of the molecule is COC(=O)N1c2ccccc2[C@]23CCCC(=O)[C@H]2[S@](=O)[C@H]1C3. The van der Waals surface area contributed by atoms with Crippen molar-refractivity contribution in [2.45, 2.75) is 41.7 Å². The fourth-order valence-corrected chi connectivity index (χ4v) is 6.76. The predicted octanol–water partition coefficient (Wildman–Crippen LogP) is 2.11. The van der Waals surface area contributed by atoms with Gasteiger partial charge in [0, 0.05) is 11.8 Å². The highest BCUT2D eigenvalue weighted by atomic mass is 32.2. The lowest BCUT2D eigenvalue weighted by Crippen LogP contribution is -2.48. The number of rotatable bonds is 0. The molecule has 1 amide bonds. The summed E-state index contributed by atoms with van der Waals surface area (Å²) >= 11 is 0. The number of benzene rings is 1. The number of carbonyl (C=O) groups is 2. The van der Waals surface area contributed by atoms with Gasteiger partial charge in [0.1, 0.15) is 16.4 Å². The fraction of sp³-hybridized carbons (Fsp3) is 0.500. The summed E-state index contributed by atoms with van der Waals surface area (Å²) in [5.74, 6) is 0.0774. The maximum Gasteiger partial charge on any atom is 0.415 e. The molecule has 4 atom stereocenters. The van der Waals surface area contributed by atoms with E-state index in [-0.39, 0.29) is 11.2 Å². The molecule has 22 heavy (non-hydrogen) atoms. The molecule has 116 valence electrons. The van der Waals surface area contributed by atoms with Gasteiger partial charge in [-0.2, -0.15) is 0 Å². The first kappa shape index (κ1) is 13.9. The Labute approximate surface area is 131 Å². The lowest BCUT2D eigenvalue weighted by molar-refractivity contribution is -0.121. The largest absolute Gasteiger partial charge is 0.452 e. The summed E-state index contributed by atoms with van der Waals surface area (Å²) in [7, 11) is -0.0623. The third-order valence-electron chi connectivity index (χ3n) is 5.24. The second kappa shape index (κ2) is 4.65. The number of Topliss-reactive ketones (excluding diaryl/α,β-unsaturated/α-hetero) is 1. The van der Waals surface area contributed by atoms with Crippen LogP contribution in [-0.4, -0.2) is 33.8 Å². The minimum atomic E-state index is -1.39. The van der Waals surface area contributed by atoms with Gasteiger partial charge in [0.25, 0.3) is 0 Å². The van der Waals surface area contributed by atoms with Crippen molar-refractivity contribution in [3.05, 3.63) is 29.8 Å². The Balaban J connectivity index is 1.97. The van der Waals surface area contributed by atoms with Crippen molar-refractivity contribution in [2.24, 2.45) is 0 Å². The standard InChI is InChI=1S/C16H17NO4S/c1-21-15(19)17-11-6-3-2-5-10(11)16-8-4-7-12(18)14(16)22(20)13(17)9-16/h2-3,5-6,13-14H,4,7-9H2,1H3/t13-,14+,16+,22+/m0/s1. The third kappa shape index (κ3) is 1.56. The van der Waals surface area contributed by atoms with E-state index < -0.39 is 27.5 Å². The third-order valence-corrected chi connectivity index (χ3v) is 7.33. The monoisotopic (exact) mass is 319 g/mol. The molecule has 1 aromatic carbocycles. The van der Waals surface area contributed by atoms with Crippen molar-refractivity contribution in [2.75, 3.05) is 12.0 Å². The lowest BCUT2D eigenvalue weighted by Gasteiger charge is -2.42. The summed E-state index contributed by atoms with van der Waals surface area (Å²) < 4.78 is 17.9. The second-order valence-electron chi connectivity index (χ2n) is 6.20. The Morgan fingerprint density at radius 1 is 1.41 bits per heavy atom. The van der Waals surface area contributed by atoms with E-state index in [1.807, 2.05) is 24.3 Å². The molecule has 1 aliphatic carbocycles. The average Bonchev–Trinajstić information content (AvgIpc) is 2.79. The Morgan fingerprint density at radius 2 is 2.18 bits per heavy atom. The number of anilines is 1. The van der Waals surface area contributed by atoms with E-state index in [1.165, 1.54) is 12.0 Å². The number of carbonyl (C=O) groups excluding carboxylic acids is 2. The Kier molecular flexibility index (Phi) is 2.95. The number of para-hydroxylation sites is 1. The van der Waals surface area contributed by atoms with Gasteiger partial charge in [-0.05, 0) is 30.9 Å². The zero-order valence-electron chi connectivity index (χ0n) is 12.3. The number of amides is 1. The summed E-state index contributed by atoms with van der Waals surface area (Å²) in [5, 5.41) is -0.948. The maximum absolute atomic E-state index is 13.0. The lowest BCUT2D eigenvalue weighted by atomic mass is 9.65. The average molecular weight is 319 g/mol. The van der Waals surface area contributed by atoms with E-state index in [9.17, 15) is 13.8 Å². The summed E-state index contributed by atoms with van der Waals surface area (Å²) in [6.45, 7) is 0. The van der Waals surface area contributed by atoms with E-state index in [0.29, 0.717) is 12.8 Å². The van der Waals surface area contributed by atoms with Crippen LogP contribution in [0, 0.1) is 0 Å². The smallest absolute Gasteiger partial charge is 0.415 e. The number of methoxy groups -OCH3 is 1. The van der Waals surface area contributed by atoms with Crippen molar-refractivity contribution in [1.82, 2.24) is 0 Å². The topological polar surface area (TPSA) is 63.7 Å². The van der Waals surface area contributed by atoms with E-state index >= 15 is 0 Å². The summed E-state index contributed by atoms with van der Waals surface area (Å²) in [6.07, 6.45) is 2.25. The first-order valence-corrected chi connectivity index (χ1v) is 8.76. The van der Waals surface area contributed by atoms with Gasteiger partial charge in [0.05, 0.1) is 23.6 Å². The minimum Gasteiger partial charge on any atom is -0.452 e. The van der Waals surface area contributed by atoms with Crippen LogP contribution in [0.2, 0.25) is 0 Å². The van der Waals surface area contributed by atoms with E-state index in [2.05, 4.69) is 0 Å². The van der Waals surface area contributed by atoms with Crippen molar-refractivity contribution in [1.29, 1.82) is 0 Å². The highest BCUT2D eigenvalue weighted by Crippen LogP contribution is 2.57. The van der Waals surface area contributed by atoms with E-state index in [4.69, 9.17) is 4.74 Å². The molecule has 0 N–H and O–H groups in total. The van der Waals surface area contributed by atoms with Gasteiger partial charge in [0.15, 0.2) is 0 Å². The second-order valence-corrected chi connectivity index (χ2v) is 7.87. The molecule has 2 aliphatic heterocycles. The molecule has 0 unspecified atom stereocenters. The molecule has 5 nitrogen and oxygen atoms in total. The molecule has 0 aromatic heterocycles. The molecule has 1 spiro atoms. The normalized spacial score (nSPS) is 35.8.